The summed E-state index contributed by atoms with van der Waals surface area (Å²) in [4.78, 5) is 13.9. The summed E-state index contributed by atoms with van der Waals surface area (Å²) in [6, 6.07) is 14.7. The van der Waals surface area contributed by atoms with Crippen LogP contribution in [-0.2, 0) is 0 Å². The van der Waals surface area contributed by atoms with Crippen LogP contribution in [0, 0.1) is 11.8 Å². The van der Waals surface area contributed by atoms with Crippen molar-refractivity contribution in [3.8, 4) is 17.6 Å². The Bertz CT molecular complexity index is 744. The maximum Gasteiger partial charge on any atom is 0.255 e. The number of amides is 1. The van der Waals surface area contributed by atoms with E-state index in [0.29, 0.717) is 24.2 Å². The van der Waals surface area contributed by atoms with Gasteiger partial charge < -0.3 is 15.4 Å². The Hall–Kier alpha value is -2.93. The molecule has 0 fully saturated rings. The molecule has 0 spiro atoms. The maximum atomic E-state index is 12.3. The molecule has 0 saturated heterocycles. The number of carbonyl (C=O) groups is 1. The lowest BCUT2D eigenvalue weighted by atomic mass is 10.1. The molecule has 0 aliphatic heterocycles. The number of hydrogen-bond acceptors (Lipinski definition) is 3. The largest absolute Gasteiger partial charge is 0.497 e. The second kappa shape index (κ2) is 7.90. The standard InChI is InChI=1S/C19H20N2O2/c1-21(19(22)17-11-3-4-12-18(17)20)13-6-5-8-15-9-7-10-16(14-15)23-2/h3-4,7,9-12,14H,6,13,20H2,1-2H3. The van der Waals surface area contributed by atoms with Crippen LogP contribution in [0.5, 0.6) is 5.75 Å². The molecule has 4 nitrogen and oxygen atoms in total. The molecule has 0 aromatic heterocycles. The van der Waals surface area contributed by atoms with Gasteiger partial charge in [-0.05, 0) is 30.3 Å². The number of carbonyl (C=O) groups excluding carboxylic acids is 1. The molecular weight excluding hydrogens is 288 g/mol. The Labute approximate surface area is 136 Å². The van der Waals surface area contributed by atoms with Crippen LogP contribution in [0.25, 0.3) is 0 Å². The highest BCUT2D eigenvalue weighted by atomic mass is 16.5. The first-order chi connectivity index (χ1) is 11.1. The maximum absolute atomic E-state index is 12.3. The second-order valence-electron chi connectivity index (χ2n) is 5.10. The molecule has 0 bridgehead atoms. The van der Waals surface area contributed by atoms with E-state index in [4.69, 9.17) is 10.5 Å². The van der Waals surface area contributed by atoms with Crippen LogP contribution in [0.3, 0.4) is 0 Å². The Morgan fingerprint density at radius 2 is 2.00 bits per heavy atom. The highest BCUT2D eigenvalue weighted by Crippen LogP contribution is 2.13. The van der Waals surface area contributed by atoms with Gasteiger partial charge in [0.1, 0.15) is 5.75 Å². The summed E-state index contributed by atoms with van der Waals surface area (Å²) in [5, 5.41) is 0. The molecular formula is C19H20N2O2. The molecule has 1 amide bonds. The molecule has 2 N–H and O–H groups in total. The van der Waals surface area contributed by atoms with Crippen molar-refractivity contribution in [2.45, 2.75) is 6.42 Å². The van der Waals surface area contributed by atoms with Gasteiger partial charge in [0.2, 0.25) is 0 Å². The van der Waals surface area contributed by atoms with Gasteiger partial charge in [-0.1, -0.05) is 30.0 Å². The van der Waals surface area contributed by atoms with Crippen LogP contribution >= 0.6 is 0 Å². The molecule has 118 valence electrons. The van der Waals surface area contributed by atoms with E-state index in [1.165, 1.54) is 0 Å². The molecule has 23 heavy (non-hydrogen) atoms. The summed E-state index contributed by atoms with van der Waals surface area (Å²) in [7, 11) is 3.38. The molecule has 0 heterocycles. The lowest BCUT2D eigenvalue weighted by Gasteiger charge is -2.16. The Kier molecular flexibility index (Phi) is 5.65. The van der Waals surface area contributed by atoms with Gasteiger partial charge >= 0.3 is 0 Å². The fraction of sp³-hybridized carbons (Fsp3) is 0.211. The van der Waals surface area contributed by atoms with Crippen LogP contribution in [0.4, 0.5) is 5.69 Å². The highest BCUT2D eigenvalue weighted by Gasteiger charge is 2.13. The molecule has 4 heteroatoms. The predicted octanol–water partition coefficient (Wildman–Crippen LogP) is 2.79. The van der Waals surface area contributed by atoms with Gasteiger partial charge in [-0.3, -0.25) is 4.79 Å². The van der Waals surface area contributed by atoms with Crippen LogP contribution in [0.15, 0.2) is 48.5 Å². The number of anilines is 1. The zero-order valence-electron chi connectivity index (χ0n) is 13.4. The number of benzene rings is 2. The highest BCUT2D eigenvalue weighted by molar-refractivity contribution is 5.98. The summed E-state index contributed by atoms with van der Waals surface area (Å²) < 4.78 is 5.16. The Balaban J connectivity index is 1.92. The van der Waals surface area contributed by atoms with Crippen LogP contribution in [0.2, 0.25) is 0 Å². The third-order valence-corrected chi connectivity index (χ3v) is 3.41. The summed E-state index contributed by atoms with van der Waals surface area (Å²) in [6.07, 6.45) is 0.589. The van der Waals surface area contributed by atoms with Crippen molar-refractivity contribution >= 4 is 11.6 Å². The number of nitrogen functional groups attached to an aromatic ring is 1. The monoisotopic (exact) mass is 308 g/mol. The van der Waals surface area contributed by atoms with Crippen LogP contribution in [0.1, 0.15) is 22.3 Å². The molecule has 0 unspecified atom stereocenters. The molecule has 2 aromatic carbocycles. The fourth-order valence-corrected chi connectivity index (χ4v) is 2.09. The average molecular weight is 308 g/mol. The van der Waals surface area contributed by atoms with Gasteiger partial charge in [-0.2, -0.15) is 0 Å². The normalized spacial score (nSPS) is 9.65. The second-order valence-corrected chi connectivity index (χ2v) is 5.10. The van der Waals surface area contributed by atoms with Crippen LogP contribution in [-0.4, -0.2) is 31.5 Å². The molecule has 2 rings (SSSR count). The van der Waals surface area contributed by atoms with Crippen molar-refractivity contribution < 1.29 is 9.53 Å². The molecule has 0 aliphatic rings. The molecule has 2 aromatic rings. The van der Waals surface area contributed by atoms with Crippen LogP contribution < -0.4 is 10.5 Å². The summed E-state index contributed by atoms with van der Waals surface area (Å²) in [5.41, 5.74) is 7.74. The third kappa shape index (κ3) is 4.52. The smallest absolute Gasteiger partial charge is 0.255 e. The van der Waals surface area contributed by atoms with E-state index in [9.17, 15) is 4.79 Å². The average Bonchev–Trinajstić information content (AvgIpc) is 2.58. The van der Waals surface area contributed by atoms with E-state index in [2.05, 4.69) is 11.8 Å². The van der Waals surface area contributed by atoms with Gasteiger partial charge in [0.05, 0.1) is 12.7 Å². The van der Waals surface area contributed by atoms with E-state index in [-0.39, 0.29) is 5.91 Å². The summed E-state index contributed by atoms with van der Waals surface area (Å²) >= 11 is 0. The quantitative estimate of drug-likeness (QED) is 0.698. The van der Waals surface area contributed by atoms with Crippen molar-refractivity contribution in [2.24, 2.45) is 0 Å². The van der Waals surface area contributed by atoms with Crippen molar-refractivity contribution in [3.05, 3.63) is 59.7 Å². The van der Waals surface area contributed by atoms with E-state index in [0.717, 1.165) is 11.3 Å². The summed E-state index contributed by atoms with van der Waals surface area (Å²) in [6.45, 7) is 0.546. The fourth-order valence-electron chi connectivity index (χ4n) is 2.09. The van der Waals surface area contributed by atoms with Crippen molar-refractivity contribution in [1.29, 1.82) is 0 Å². The lowest BCUT2D eigenvalue weighted by Crippen LogP contribution is -2.28. The van der Waals surface area contributed by atoms with Gasteiger partial charge in [0, 0.05) is 31.3 Å². The first-order valence-corrected chi connectivity index (χ1v) is 7.34. The van der Waals surface area contributed by atoms with Gasteiger partial charge in [-0.15, -0.1) is 0 Å². The number of nitrogens with two attached hydrogens (primary N) is 1. The zero-order valence-corrected chi connectivity index (χ0v) is 13.4. The first-order valence-electron chi connectivity index (χ1n) is 7.34. The number of methoxy groups -OCH3 is 1. The van der Waals surface area contributed by atoms with Gasteiger partial charge in [0.25, 0.3) is 5.91 Å². The van der Waals surface area contributed by atoms with Crippen molar-refractivity contribution in [1.82, 2.24) is 4.90 Å². The third-order valence-electron chi connectivity index (χ3n) is 3.41. The zero-order chi connectivity index (χ0) is 16.7. The number of rotatable bonds is 4. The van der Waals surface area contributed by atoms with Crippen molar-refractivity contribution in [3.63, 3.8) is 0 Å². The van der Waals surface area contributed by atoms with E-state index < -0.39 is 0 Å². The topological polar surface area (TPSA) is 55.6 Å². The number of ether oxygens (including phenoxy) is 1. The SMILES string of the molecule is COc1cccc(C#CCCN(C)C(=O)c2ccccc2N)c1. The van der Waals surface area contributed by atoms with E-state index >= 15 is 0 Å². The minimum atomic E-state index is -0.0914. The minimum absolute atomic E-state index is 0.0914. The first kappa shape index (κ1) is 16.4. The van der Waals surface area contributed by atoms with Gasteiger partial charge in [-0.25, -0.2) is 0 Å². The molecule has 0 atom stereocenters. The Morgan fingerprint density at radius 1 is 1.22 bits per heavy atom. The predicted molar refractivity (Wildman–Crippen MR) is 92.3 cm³/mol. The van der Waals surface area contributed by atoms with Gasteiger partial charge in [0.15, 0.2) is 0 Å². The number of hydrogen-bond donors (Lipinski definition) is 1. The van der Waals surface area contributed by atoms with E-state index in [1.807, 2.05) is 30.3 Å². The summed E-state index contributed by atoms with van der Waals surface area (Å²) in [5.74, 6) is 6.84. The molecule has 0 radical (unpaired) electrons. The number of nitrogens with zero attached hydrogens (tertiary/aromatic N) is 1. The van der Waals surface area contributed by atoms with E-state index in [1.54, 1.807) is 37.3 Å². The Morgan fingerprint density at radius 3 is 2.74 bits per heavy atom. The molecule has 0 aliphatic carbocycles. The molecule has 0 saturated carbocycles. The lowest BCUT2D eigenvalue weighted by molar-refractivity contribution is 0.0799. The minimum Gasteiger partial charge on any atom is -0.497 e. The number of para-hydroxylation sites is 1. The van der Waals surface area contributed by atoms with Crippen molar-refractivity contribution in [2.75, 3.05) is 26.4 Å².